The molecule has 0 aromatic carbocycles. The molecular weight excluding hydrogens is 266 g/mol. The summed E-state index contributed by atoms with van der Waals surface area (Å²) in [5.74, 6) is 0.508. The first-order chi connectivity index (χ1) is 10.1. The van der Waals surface area contributed by atoms with Crippen LogP contribution in [0.15, 0.2) is 12.7 Å². The highest BCUT2D eigenvalue weighted by molar-refractivity contribution is 5.87. The predicted molar refractivity (Wildman–Crippen MR) is 79.0 cm³/mol. The lowest BCUT2D eigenvalue weighted by atomic mass is 9.95. The summed E-state index contributed by atoms with van der Waals surface area (Å²) in [6, 6.07) is 2.44. The SMILES string of the molecule is C=CC(=O)N1CCC(C(=O)N[C@@H]2CC[C@H](CC#N)C2)CC1. The van der Waals surface area contributed by atoms with Gasteiger partial charge in [-0.1, -0.05) is 6.58 Å². The van der Waals surface area contributed by atoms with Gasteiger partial charge in [-0.25, -0.2) is 0 Å². The van der Waals surface area contributed by atoms with E-state index in [9.17, 15) is 9.59 Å². The Bertz CT molecular complexity index is 447. The molecule has 5 heteroatoms. The van der Waals surface area contributed by atoms with Gasteiger partial charge < -0.3 is 10.2 Å². The van der Waals surface area contributed by atoms with Gasteiger partial charge >= 0.3 is 0 Å². The Hall–Kier alpha value is -1.83. The van der Waals surface area contributed by atoms with Crippen molar-refractivity contribution in [3.8, 4) is 6.07 Å². The normalized spacial score (nSPS) is 26.1. The molecule has 1 saturated heterocycles. The standard InChI is InChI=1S/C16H23N3O2/c1-2-15(20)19-9-6-13(7-10-19)16(21)18-14-4-3-12(11-14)5-8-17/h2,12-14H,1,3-7,9-11H2,(H,18,21)/t12-,14-/m1/s1. The molecule has 1 aliphatic heterocycles. The largest absolute Gasteiger partial charge is 0.353 e. The number of carbonyl (C=O) groups excluding carboxylic acids is 2. The maximum Gasteiger partial charge on any atom is 0.245 e. The van der Waals surface area contributed by atoms with Gasteiger partial charge in [0.2, 0.25) is 11.8 Å². The molecule has 0 unspecified atom stereocenters. The maximum absolute atomic E-state index is 12.3. The molecule has 1 aliphatic carbocycles. The van der Waals surface area contributed by atoms with Crippen LogP contribution in [0.2, 0.25) is 0 Å². The molecule has 0 aromatic heterocycles. The molecule has 1 saturated carbocycles. The van der Waals surface area contributed by atoms with Crippen LogP contribution in [0.1, 0.15) is 38.5 Å². The van der Waals surface area contributed by atoms with Gasteiger partial charge in [0.15, 0.2) is 0 Å². The van der Waals surface area contributed by atoms with E-state index in [-0.39, 0.29) is 23.8 Å². The van der Waals surface area contributed by atoms with Gasteiger partial charge in [0.1, 0.15) is 0 Å². The number of hydrogen-bond acceptors (Lipinski definition) is 3. The second-order valence-electron chi connectivity index (χ2n) is 6.05. The third-order valence-electron chi connectivity index (χ3n) is 4.62. The van der Waals surface area contributed by atoms with Gasteiger partial charge in [-0.05, 0) is 44.1 Å². The summed E-state index contributed by atoms with van der Waals surface area (Å²) in [6.07, 6.45) is 6.30. The molecule has 1 heterocycles. The summed E-state index contributed by atoms with van der Waals surface area (Å²) < 4.78 is 0. The molecule has 0 bridgehead atoms. The fourth-order valence-electron chi connectivity index (χ4n) is 3.33. The first-order valence-corrected chi connectivity index (χ1v) is 7.72. The first kappa shape index (κ1) is 15.6. The van der Waals surface area contributed by atoms with Crippen LogP contribution in [0.25, 0.3) is 0 Å². The third kappa shape index (κ3) is 4.07. The van der Waals surface area contributed by atoms with Crippen molar-refractivity contribution in [2.75, 3.05) is 13.1 Å². The Kier molecular flexibility index (Phi) is 5.38. The highest BCUT2D eigenvalue weighted by Gasteiger charge is 2.30. The molecular formula is C16H23N3O2. The van der Waals surface area contributed by atoms with E-state index in [1.807, 2.05) is 0 Å². The molecule has 2 atom stereocenters. The topological polar surface area (TPSA) is 73.2 Å². The smallest absolute Gasteiger partial charge is 0.245 e. The van der Waals surface area contributed by atoms with Gasteiger partial charge in [0.25, 0.3) is 0 Å². The number of rotatable bonds is 4. The molecule has 5 nitrogen and oxygen atoms in total. The zero-order chi connectivity index (χ0) is 15.2. The molecule has 0 spiro atoms. The number of nitrogens with one attached hydrogen (secondary N) is 1. The van der Waals surface area contributed by atoms with Crippen molar-refractivity contribution in [3.63, 3.8) is 0 Å². The number of nitriles is 1. The second-order valence-corrected chi connectivity index (χ2v) is 6.05. The van der Waals surface area contributed by atoms with Crippen LogP contribution < -0.4 is 5.32 Å². The Morgan fingerprint density at radius 2 is 2.00 bits per heavy atom. The van der Waals surface area contributed by atoms with Crippen molar-refractivity contribution < 1.29 is 9.59 Å². The predicted octanol–water partition coefficient (Wildman–Crippen LogP) is 1.61. The van der Waals surface area contributed by atoms with Crippen LogP contribution >= 0.6 is 0 Å². The molecule has 21 heavy (non-hydrogen) atoms. The van der Waals surface area contributed by atoms with E-state index in [2.05, 4.69) is 18.0 Å². The summed E-state index contributed by atoms with van der Waals surface area (Å²) >= 11 is 0. The number of likely N-dealkylation sites (tertiary alicyclic amines) is 1. The summed E-state index contributed by atoms with van der Waals surface area (Å²) in [5.41, 5.74) is 0. The average molecular weight is 289 g/mol. The molecule has 1 N–H and O–H groups in total. The van der Waals surface area contributed by atoms with Crippen LogP contribution in [-0.4, -0.2) is 35.8 Å². The maximum atomic E-state index is 12.3. The fourth-order valence-corrected chi connectivity index (χ4v) is 3.33. The van der Waals surface area contributed by atoms with Crippen molar-refractivity contribution in [2.24, 2.45) is 11.8 Å². The Labute approximate surface area is 126 Å². The lowest BCUT2D eigenvalue weighted by Crippen LogP contribution is -2.44. The molecule has 2 amide bonds. The highest BCUT2D eigenvalue weighted by Crippen LogP contribution is 2.28. The van der Waals surface area contributed by atoms with E-state index in [4.69, 9.17) is 5.26 Å². The van der Waals surface area contributed by atoms with E-state index in [0.717, 1.165) is 32.1 Å². The average Bonchev–Trinajstić information content (AvgIpc) is 2.94. The number of piperidine rings is 1. The van der Waals surface area contributed by atoms with Crippen molar-refractivity contribution in [2.45, 2.75) is 44.6 Å². The molecule has 2 aliphatic rings. The fraction of sp³-hybridized carbons (Fsp3) is 0.688. The van der Waals surface area contributed by atoms with Gasteiger partial charge in [-0.15, -0.1) is 0 Å². The molecule has 0 radical (unpaired) electrons. The summed E-state index contributed by atoms with van der Waals surface area (Å²) in [6.45, 7) is 4.75. The van der Waals surface area contributed by atoms with Gasteiger partial charge in [-0.2, -0.15) is 5.26 Å². The molecule has 2 fully saturated rings. The third-order valence-corrected chi connectivity index (χ3v) is 4.62. The van der Waals surface area contributed by atoms with E-state index < -0.39 is 0 Å². The minimum Gasteiger partial charge on any atom is -0.353 e. The van der Waals surface area contributed by atoms with Gasteiger partial charge in [-0.3, -0.25) is 9.59 Å². The zero-order valence-corrected chi connectivity index (χ0v) is 12.4. The van der Waals surface area contributed by atoms with E-state index in [0.29, 0.717) is 25.4 Å². The van der Waals surface area contributed by atoms with Crippen molar-refractivity contribution in [3.05, 3.63) is 12.7 Å². The summed E-state index contributed by atoms with van der Waals surface area (Å²) in [4.78, 5) is 25.5. The van der Waals surface area contributed by atoms with Crippen LogP contribution in [0.5, 0.6) is 0 Å². The lowest BCUT2D eigenvalue weighted by molar-refractivity contribution is -0.132. The second kappa shape index (κ2) is 7.26. The van der Waals surface area contributed by atoms with E-state index in [1.165, 1.54) is 6.08 Å². The lowest BCUT2D eigenvalue weighted by Gasteiger charge is -2.31. The van der Waals surface area contributed by atoms with E-state index >= 15 is 0 Å². The quantitative estimate of drug-likeness (QED) is 0.799. The van der Waals surface area contributed by atoms with Gasteiger partial charge in [0.05, 0.1) is 6.07 Å². The Balaban J connectivity index is 1.74. The minimum atomic E-state index is -0.0519. The van der Waals surface area contributed by atoms with E-state index in [1.54, 1.807) is 4.90 Å². The van der Waals surface area contributed by atoms with Crippen LogP contribution in [0.4, 0.5) is 0 Å². The molecule has 0 aromatic rings. The number of nitrogens with zero attached hydrogens (tertiary/aromatic N) is 2. The molecule has 114 valence electrons. The van der Waals surface area contributed by atoms with Crippen LogP contribution in [0, 0.1) is 23.2 Å². The Morgan fingerprint density at radius 3 is 2.62 bits per heavy atom. The number of carbonyl (C=O) groups is 2. The minimum absolute atomic E-state index is 0.00822. The highest BCUT2D eigenvalue weighted by atomic mass is 16.2. The van der Waals surface area contributed by atoms with Crippen molar-refractivity contribution in [1.29, 1.82) is 5.26 Å². The van der Waals surface area contributed by atoms with Crippen LogP contribution in [-0.2, 0) is 9.59 Å². The number of amides is 2. The Morgan fingerprint density at radius 1 is 1.29 bits per heavy atom. The summed E-state index contributed by atoms with van der Waals surface area (Å²) in [7, 11) is 0. The monoisotopic (exact) mass is 289 g/mol. The molecule has 2 rings (SSSR count). The zero-order valence-electron chi connectivity index (χ0n) is 12.4. The van der Waals surface area contributed by atoms with Crippen molar-refractivity contribution in [1.82, 2.24) is 10.2 Å². The van der Waals surface area contributed by atoms with Crippen LogP contribution in [0.3, 0.4) is 0 Å². The van der Waals surface area contributed by atoms with Gasteiger partial charge in [0, 0.05) is 31.5 Å². The summed E-state index contributed by atoms with van der Waals surface area (Å²) in [5, 5.41) is 11.8. The first-order valence-electron chi connectivity index (χ1n) is 7.72. The van der Waals surface area contributed by atoms with Crippen molar-refractivity contribution >= 4 is 11.8 Å². The number of hydrogen-bond donors (Lipinski definition) is 1.